The van der Waals surface area contributed by atoms with E-state index in [2.05, 4.69) is 54.7 Å². The molecule has 0 saturated carbocycles. The van der Waals surface area contributed by atoms with Crippen molar-refractivity contribution in [1.82, 2.24) is 5.32 Å². The molecule has 0 aromatic heterocycles. The van der Waals surface area contributed by atoms with Crippen molar-refractivity contribution in [3.63, 3.8) is 0 Å². The molecule has 0 aliphatic carbocycles. The van der Waals surface area contributed by atoms with Crippen LogP contribution in [0.1, 0.15) is 32.8 Å². The topological polar surface area (TPSA) is 21.3 Å². The highest BCUT2D eigenvalue weighted by molar-refractivity contribution is 9.10. The van der Waals surface area contributed by atoms with Crippen molar-refractivity contribution >= 4 is 15.9 Å². The molecule has 0 atom stereocenters. The van der Waals surface area contributed by atoms with E-state index in [1.54, 1.807) is 0 Å². The average Bonchev–Trinajstić information content (AvgIpc) is 2.37. The Morgan fingerprint density at radius 3 is 2.79 bits per heavy atom. The van der Waals surface area contributed by atoms with Gasteiger partial charge in [0.2, 0.25) is 0 Å². The van der Waals surface area contributed by atoms with Crippen LogP contribution >= 0.6 is 15.9 Å². The third kappa shape index (κ3) is 6.26. The molecule has 1 rings (SSSR count). The zero-order valence-corrected chi connectivity index (χ0v) is 13.7. The van der Waals surface area contributed by atoms with Crippen LogP contribution in [0.2, 0.25) is 0 Å². The second-order valence-corrected chi connectivity index (χ2v) is 6.08. The van der Waals surface area contributed by atoms with Gasteiger partial charge in [-0.2, -0.15) is 0 Å². The van der Waals surface area contributed by atoms with Gasteiger partial charge in [0.25, 0.3) is 0 Å². The summed E-state index contributed by atoms with van der Waals surface area (Å²) in [6.45, 7) is 12.9. The van der Waals surface area contributed by atoms with Gasteiger partial charge < -0.3 is 10.1 Å². The van der Waals surface area contributed by atoms with Crippen molar-refractivity contribution in [3.05, 3.63) is 40.4 Å². The van der Waals surface area contributed by atoms with E-state index in [-0.39, 0.29) is 0 Å². The second-order valence-electron chi connectivity index (χ2n) is 5.17. The SMILES string of the molecule is C=C(CC)COc1ccc(Br)cc1CNCC(C)C. The molecular weight excluding hydrogens is 302 g/mol. The van der Waals surface area contributed by atoms with E-state index in [0.29, 0.717) is 12.5 Å². The Kier molecular flexibility index (Phi) is 7.17. The molecule has 106 valence electrons. The highest BCUT2D eigenvalue weighted by Crippen LogP contribution is 2.23. The van der Waals surface area contributed by atoms with Crippen LogP contribution in [0.3, 0.4) is 0 Å². The first kappa shape index (κ1) is 16.3. The first-order chi connectivity index (χ1) is 9.02. The molecule has 0 unspecified atom stereocenters. The summed E-state index contributed by atoms with van der Waals surface area (Å²) in [4.78, 5) is 0. The molecule has 3 heteroatoms. The molecule has 2 nitrogen and oxygen atoms in total. The van der Waals surface area contributed by atoms with Gasteiger partial charge in [-0.3, -0.25) is 0 Å². The van der Waals surface area contributed by atoms with E-state index >= 15 is 0 Å². The van der Waals surface area contributed by atoms with E-state index < -0.39 is 0 Å². The molecule has 0 aliphatic rings. The largest absolute Gasteiger partial charge is 0.489 e. The summed E-state index contributed by atoms with van der Waals surface area (Å²) in [5.41, 5.74) is 2.29. The minimum atomic E-state index is 0.593. The average molecular weight is 326 g/mol. The lowest BCUT2D eigenvalue weighted by molar-refractivity contribution is 0.343. The minimum Gasteiger partial charge on any atom is -0.489 e. The molecule has 0 saturated heterocycles. The summed E-state index contributed by atoms with van der Waals surface area (Å²) in [5, 5.41) is 3.45. The number of benzene rings is 1. The van der Waals surface area contributed by atoms with Crippen LogP contribution in [-0.2, 0) is 6.54 Å². The quantitative estimate of drug-likeness (QED) is 0.708. The molecule has 0 bridgehead atoms. The molecule has 19 heavy (non-hydrogen) atoms. The highest BCUT2D eigenvalue weighted by atomic mass is 79.9. The van der Waals surface area contributed by atoms with Gasteiger partial charge in [-0.15, -0.1) is 0 Å². The minimum absolute atomic E-state index is 0.593. The van der Waals surface area contributed by atoms with Crippen molar-refractivity contribution in [1.29, 1.82) is 0 Å². The van der Waals surface area contributed by atoms with Crippen molar-refractivity contribution < 1.29 is 4.74 Å². The summed E-state index contributed by atoms with van der Waals surface area (Å²) in [7, 11) is 0. The van der Waals surface area contributed by atoms with E-state index in [1.165, 1.54) is 5.56 Å². The summed E-state index contributed by atoms with van der Waals surface area (Å²) in [5.74, 6) is 1.59. The Labute approximate surface area is 125 Å². The number of nitrogens with one attached hydrogen (secondary N) is 1. The predicted molar refractivity (Wildman–Crippen MR) is 85.6 cm³/mol. The zero-order chi connectivity index (χ0) is 14.3. The van der Waals surface area contributed by atoms with Gasteiger partial charge in [0, 0.05) is 16.6 Å². The van der Waals surface area contributed by atoms with Gasteiger partial charge in [-0.1, -0.05) is 43.3 Å². The van der Waals surface area contributed by atoms with E-state index in [1.807, 2.05) is 12.1 Å². The standard InChI is InChI=1S/C16H24BrNO/c1-5-13(4)11-19-16-7-6-15(17)8-14(16)10-18-9-12(2)3/h6-8,12,18H,4-5,9-11H2,1-3H3. The van der Waals surface area contributed by atoms with Gasteiger partial charge in [0.15, 0.2) is 0 Å². The first-order valence-electron chi connectivity index (χ1n) is 6.81. The van der Waals surface area contributed by atoms with E-state index in [0.717, 1.165) is 35.3 Å². The fourth-order valence-corrected chi connectivity index (χ4v) is 2.01. The Morgan fingerprint density at radius 2 is 2.16 bits per heavy atom. The first-order valence-corrected chi connectivity index (χ1v) is 7.60. The second kappa shape index (κ2) is 8.39. The fraction of sp³-hybridized carbons (Fsp3) is 0.500. The maximum atomic E-state index is 5.84. The molecule has 1 N–H and O–H groups in total. The number of hydrogen-bond acceptors (Lipinski definition) is 2. The monoisotopic (exact) mass is 325 g/mol. The van der Waals surface area contributed by atoms with Gasteiger partial charge in [-0.05, 0) is 42.7 Å². The lowest BCUT2D eigenvalue weighted by Crippen LogP contribution is -2.19. The molecule has 0 heterocycles. The summed E-state index contributed by atoms with van der Waals surface area (Å²) in [6.07, 6.45) is 0.956. The molecule has 1 aromatic rings. The van der Waals surface area contributed by atoms with Gasteiger partial charge in [0.05, 0.1) is 0 Å². The maximum absolute atomic E-state index is 5.84. The Hall–Kier alpha value is -0.800. The summed E-state index contributed by atoms with van der Waals surface area (Å²) < 4.78 is 6.92. The Balaban J connectivity index is 2.65. The fourth-order valence-electron chi connectivity index (χ4n) is 1.60. The van der Waals surface area contributed by atoms with Crippen molar-refractivity contribution in [2.75, 3.05) is 13.2 Å². The normalized spacial score (nSPS) is 10.8. The Morgan fingerprint density at radius 1 is 1.42 bits per heavy atom. The lowest BCUT2D eigenvalue weighted by Gasteiger charge is -2.14. The Bertz CT molecular complexity index is 415. The molecular formula is C16H24BrNO. The van der Waals surface area contributed by atoms with Crippen LogP contribution in [0.15, 0.2) is 34.8 Å². The van der Waals surface area contributed by atoms with Crippen LogP contribution in [0.5, 0.6) is 5.75 Å². The maximum Gasteiger partial charge on any atom is 0.124 e. The van der Waals surface area contributed by atoms with Gasteiger partial charge in [-0.25, -0.2) is 0 Å². The van der Waals surface area contributed by atoms with E-state index in [9.17, 15) is 0 Å². The predicted octanol–water partition coefficient (Wildman–Crippen LogP) is 4.54. The third-order valence-electron chi connectivity index (χ3n) is 2.82. The number of ether oxygens (including phenoxy) is 1. The molecule has 0 fully saturated rings. The van der Waals surface area contributed by atoms with Crippen molar-refractivity contribution in [2.45, 2.75) is 33.7 Å². The van der Waals surface area contributed by atoms with Crippen molar-refractivity contribution in [2.24, 2.45) is 5.92 Å². The summed E-state index contributed by atoms with van der Waals surface area (Å²) >= 11 is 3.51. The molecule has 1 aromatic carbocycles. The van der Waals surface area contributed by atoms with Crippen LogP contribution in [-0.4, -0.2) is 13.2 Å². The van der Waals surface area contributed by atoms with Gasteiger partial charge in [0.1, 0.15) is 12.4 Å². The zero-order valence-electron chi connectivity index (χ0n) is 12.1. The molecule has 0 spiro atoms. The van der Waals surface area contributed by atoms with Crippen LogP contribution in [0, 0.1) is 5.92 Å². The highest BCUT2D eigenvalue weighted by Gasteiger charge is 2.05. The number of halogens is 1. The van der Waals surface area contributed by atoms with E-state index in [4.69, 9.17) is 4.74 Å². The smallest absolute Gasteiger partial charge is 0.124 e. The van der Waals surface area contributed by atoms with Crippen molar-refractivity contribution in [3.8, 4) is 5.75 Å². The molecule has 0 radical (unpaired) electrons. The lowest BCUT2D eigenvalue weighted by atomic mass is 10.1. The number of hydrogen-bond donors (Lipinski definition) is 1. The molecule has 0 aliphatic heterocycles. The summed E-state index contributed by atoms with van der Waals surface area (Å²) in [6, 6.07) is 6.13. The van der Waals surface area contributed by atoms with Gasteiger partial charge >= 0.3 is 0 Å². The van der Waals surface area contributed by atoms with Crippen LogP contribution in [0.4, 0.5) is 0 Å². The molecule has 0 amide bonds. The third-order valence-corrected chi connectivity index (χ3v) is 3.32. The van der Waals surface area contributed by atoms with Crippen LogP contribution < -0.4 is 10.1 Å². The number of rotatable bonds is 8. The van der Waals surface area contributed by atoms with Crippen LogP contribution in [0.25, 0.3) is 0 Å².